The Kier molecular flexibility index (Phi) is 8.13. The fraction of sp³-hybridized carbons (Fsp3) is 0.333. The van der Waals surface area contributed by atoms with Crippen molar-refractivity contribution in [3.63, 3.8) is 0 Å². The van der Waals surface area contributed by atoms with Crippen molar-refractivity contribution in [3.05, 3.63) is 83.3 Å². The largest absolute Gasteiger partial charge is 0.412 e. The van der Waals surface area contributed by atoms with Gasteiger partial charge in [0, 0.05) is 29.7 Å². The van der Waals surface area contributed by atoms with Crippen LogP contribution in [0.3, 0.4) is 0 Å². The Bertz CT molecular complexity index is 1280. The van der Waals surface area contributed by atoms with E-state index in [-0.39, 0.29) is 13.2 Å². The Labute approximate surface area is 209 Å². The van der Waals surface area contributed by atoms with Crippen molar-refractivity contribution in [3.8, 4) is 11.5 Å². The molecule has 0 N–H and O–H groups in total. The summed E-state index contributed by atoms with van der Waals surface area (Å²) >= 11 is 1.57. The van der Waals surface area contributed by atoms with E-state index >= 15 is 0 Å². The van der Waals surface area contributed by atoms with Crippen LogP contribution in [0.15, 0.2) is 68.8 Å². The van der Waals surface area contributed by atoms with Gasteiger partial charge in [0.05, 0.1) is 0 Å². The minimum absolute atomic E-state index is 0. The van der Waals surface area contributed by atoms with Crippen molar-refractivity contribution in [2.75, 3.05) is 5.75 Å². The first kappa shape index (κ1) is 24.9. The van der Waals surface area contributed by atoms with Gasteiger partial charge in [-0.2, -0.15) is 4.98 Å². The molecule has 1 aliphatic carbocycles. The van der Waals surface area contributed by atoms with Gasteiger partial charge in [-0.25, -0.2) is 4.39 Å². The standard InChI is InChI=1S/C26H25FN4O2S.CH4/c1-17-14-19-6-2-3-7-20(19)16-21(15-17)25-29-30-26(32-25)34-13-5-4-8-23-28-24(33-31-23)18-9-11-22(27)12-10-18;/h2-3,6-7,9-12,15,17H,4-5,8,13-14,16H2,1H3;1H4. The molecule has 0 saturated heterocycles. The number of benzene rings is 2. The van der Waals surface area contributed by atoms with E-state index in [1.807, 2.05) is 0 Å². The molecule has 5 rings (SSSR count). The summed E-state index contributed by atoms with van der Waals surface area (Å²) < 4.78 is 24.3. The highest BCUT2D eigenvalue weighted by Crippen LogP contribution is 2.30. The maximum atomic E-state index is 13.1. The first-order chi connectivity index (χ1) is 16.6. The van der Waals surface area contributed by atoms with Gasteiger partial charge in [-0.1, -0.05) is 61.6 Å². The number of unbranched alkanes of at least 4 members (excludes halogenated alkanes) is 1. The maximum absolute atomic E-state index is 13.1. The molecule has 1 atom stereocenters. The molecule has 2 aromatic carbocycles. The third-order valence-electron chi connectivity index (χ3n) is 5.79. The van der Waals surface area contributed by atoms with Gasteiger partial charge in [-0.15, -0.1) is 10.2 Å². The molecule has 0 amide bonds. The summed E-state index contributed by atoms with van der Waals surface area (Å²) in [5.74, 6) is 2.68. The van der Waals surface area contributed by atoms with Crippen LogP contribution < -0.4 is 0 Å². The second-order valence-corrected chi connectivity index (χ2v) is 9.57. The van der Waals surface area contributed by atoms with Crippen molar-refractivity contribution in [2.24, 2.45) is 5.92 Å². The molecule has 0 fully saturated rings. The van der Waals surface area contributed by atoms with Crippen LogP contribution in [0.2, 0.25) is 0 Å². The summed E-state index contributed by atoms with van der Waals surface area (Å²) in [5, 5.41) is 13.2. The van der Waals surface area contributed by atoms with Gasteiger partial charge in [-0.3, -0.25) is 0 Å². The first-order valence-corrected chi connectivity index (χ1v) is 12.5. The van der Waals surface area contributed by atoms with Crippen LogP contribution in [0.25, 0.3) is 17.0 Å². The van der Waals surface area contributed by atoms with Gasteiger partial charge >= 0.3 is 0 Å². The quantitative estimate of drug-likeness (QED) is 0.197. The lowest BCUT2D eigenvalue weighted by atomic mass is 9.99. The molecule has 35 heavy (non-hydrogen) atoms. The number of aryl methyl sites for hydroxylation is 1. The lowest BCUT2D eigenvalue weighted by Crippen LogP contribution is -1.95. The van der Waals surface area contributed by atoms with Crippen LogP contribution in [-0.2, 0) is 19.3 Å². The first-order valence-electron chi connectivity index (χ1n) is 11.5. The van der Waals surface area contributed by atoms with Gasteiger partial charge < -0.3 is 8.94 Å². The number of fused-ring (bicyclic) bond motifs is 1. The molecule has 0 saturated carbocycles. The molecule has 2 heterocycles. The fourth-order valence-corrected chi connectivity index (χ4v) is 4.86. The van der Waals surface area contributed by atoms with Gasteiger partial charge in [0.15, 0.2) is 5.82 Å². The minimum Gasteiger partial charge on any atom is -0.412 e. The fourth-order valence-electron chi connectivity index (χ4n) is 4.10. The molecular weight excluding hydrogens is 463 g/mol. The summed E-state index contributed by atoms with van der Waals surface area (Å²) in [6.07, 6.45) is 6.68. The number of halogens is 1. The lowest BCUT2D eigenvalue weighted by molar-refractivity contribution is 0.421. The summed E-state index contributed by atoms with van der Waals surface area (Å²) in [4.78, 5) is 4.40. The second-order valence-electron chi connectivity index (χ2n) is 8.52. The van der Waals surface area contributed by atoms with E-state index in [1.165, 1.54) is 23.3 Å². The van der Waals surface area contributed by atoms with E-state index < -0.39 is 0 Å². The summed E-state index contributed by atoms with van der Waals surface area (Å²) in [5.41, 5.74) is 4.53. The number of rotatable bonds is 8. The summed E-state index contributed by atoms with van der Waals surface area (Å²) in [6.45, 7) is 2.22. The second kappa shape index (κ2) is 11.4. The topological polar surface area (TPSA) is 77.8 Å². The van der Waals surface area contributed by atoms with Gasteiger partial charge in [-0.05, 0) is 60.6 Å². The van der Waals surface area contributed by atoms with Crippen molar-refractivity contribution in [1.82, 2.24) is 20.3 Å². The lowest BCUT2D eigenvalue weighted by Gasteiger charge is -2.06. The van der Waals surface area contributed by atoms with Crippen molar-refractivity contribution in [2.45, 2.75) is 51.7 Å². The van der Waals surface area contributed by atoms with Crippen LogP contribution in [-0.4, -0.2) is 26.1 Å². The molecule has 4 aromatic rings. The zero-order valence-electron chi connectivity index (χ0n) is 18.9. The number of hydrogen-bond donors (Lipinski definition) is 0. The van der Waals surface area contributed by atoms with E-state index in [2.05, 4.69) is 57.6 Å². The number of aromatic nitrogens is 4. The third kappa shape index (κ3) is 6.25. The highest BCUT2D eigenvalue weighted by molar-refractivity contribution is 7.99. The molecule has 182 valence electrons. The average Bonchev–Trinajstić information content (AvgIpc) is 3.47. The van der Waals surface area contributed by atoms with Crippen LogP contribution in [0.5, 0.6) is 0 Å². The van der Waals surface area contributed by atoms with Crippen molar-refractivity contribution in [1.29, 1.82) is 0 Å². The molecule has 0 bridgehead atoms. The molecule has 1 aliphatic rings. The molecule has 1 unspecified atom stereocenters. The number of thioether (sulfide) groups is 1. The van der Waals surface area contributed by atoms with Crippen LogP contribution in [0.1, 0.15) is 50.0 Å². The smallest absolute Gasteiger partial charge is 0.276 e. The summed E-state index contributed by atoms with van der Waals surface area (Å²) in [7, 11) is 0. The van der Waals surface area contributed by atoms with Gasteiger partial charge in [0.25, 0.3) is 11.1 Å². The highest BCUT2D eigenvalue weighted by Gasteiger charge is 2.19. The van der Waals surface area contributed by atoms with Gasteiger partial charge in [0.1, 0.15) is 5.82 Å². The van der Waals surface area contributed by atoms with E-state index in [0.717, 1.165) is 37.0 Å². The van der Waals surface area contributed by atoms with E-state index in [1.54, 1.807) is 23.9 Å². The Morgan fingerprint density at radius 1 is 1.00 bits per heavy atom. The predicted molar refractivity (Wildman–Crippen MR) is 135 cm³/mol. The molecule has 6 nitrogen and oxygen atoms in total. The van der Waals surface area contributed by atoms with Crippen molar-refractivity contribution >= 4 is 17.3 Å². The zero-order valence-corrected chi connectivity index (χ0v) is 19.7. The van der Waals surface area contributed by atoms with E-state index in [0.29, 0.717) is 40.7 Å². The predicted octanol–water partition coefficient (Wildman–Crippen LogP) is 6.83. The summed E-state index contributed by atoms with van der Waals surface area (Å²) in [6, 6.07) is 14.6. The number of nitrogens with zero attached hydrogens (tertiary/aromatic N) is 4. The maximum Gasteiger partial charge on any atom is 0.276 e. The zero-order chi connectivity index (χ0) is 23.3. The normalized spacial score (nSPS) is 15.1. The molecule has 0 aliphatic heterocycles. The molecule has 2 aromatic heterocycles. The molecule has 0 spiro atoms. The van der Waals surface area contributed by atoms with E-state index in [4.69, 9.17) is 8.94 Å². The van der Waals surface area contributed by atoms with Crippen LogP contribution >= 0.6 is 11.8 Å². The van der Waals surface area contributed by atoms with Crippen LogP contribution in [0.4, 0.5) is 4.39 Å². The number of hydrogen-bond acceptors (Lipinski definition) is 7. The van der Waals surface area contributed by atoms with E-state index in [9.17, 15) is 4.39 Å². The SMILES string of the molecule is C.CC1C=C(c2nnc(SCCCCc3noc(-c4ccc(F)cc4)n3)o2)Cc2ccccc2C1. The van der Waals surface area contributed by atoms with Gasteiger partial charge in [0.2, 0.25) is 5.89 Å². The van der Waals surface area contributed by atoms with Crippen LogP contribution in [0, 0.1) is 11.7 Å². The molecular formula is C27H29FN4O2S. The molecule has 0 radical (unpaired) electrons. The number of allylic oxidation sites excluding steroid dienone is 2. The minimum atomic E-state index is -0.291. The Morgan fingerprint density at radius 3 is 2.63 bits per heavy atom. The highest BCUT2D eigenvalue weighted by atomic mass is 32.2. The monoisotopic (exact) mass is 492 g/mol. The Hall–Kier alpha value is -3.26. The Morgan fingerprint density at radius 2 is 1.80 bits per heavy atom. The van der Waals surface area contributed by atoms with Crippen molar-refractivity contribution < 1.29 is 13.3 Å². The third-order valence-corrected chi connectivity index (χ3v) is 6.69. The Balaban J connectivity index is 0.00000289. The molecule has 8 heteroatoms. The average molecular weight is 493 g/mol.